The van der Waals surface area contributed by atoms with Crippen LogP contribution in [0.2, 0.25) is 0 Å². The van der Waals surface area contributed by atoms with Gasteiger partial charge in [0.05, 0.1) is 17.1 Å². The summed E-state index contributed by atoms with van der Waals surface area (Å²) in [6.07, 6.45) is 1.67. The number of nitrogens with one attached hydrogen (secondary N) is 2. The zero-order valence-corrected chi connectivity index (χ0v) is 20.9. The van der Waals surface area contributed by atoms with Crippen molar-refractivity contribution in [3.63, 3.8) is 0 Å². The van der Waals surface area contributed by atoms with Gasteiger partial charge in [-0.1, -0.05) is 15.9 Å². The number of nitrogens with zero attached hydrogens (tertiary/aromatic N) is 2. The molecule has 7 nitrogen and oxygen atoms in total. The molecule has 2 N–H and O–H groups in total. The van der Waals surface area contributed by atoms with Crippen molar-refractivity contribution < 1.29 is 13.9 Å². The minimum atomic E-state index is -0.394. The third-order valence-electron chi connectivity index (χ3n) is 4.57. The average Bonchev–Trinajstić information content (AvgIpc) is 3.19. The van der Waals surface area contributed by atoms with Gasteiger partial charge >= 0.3 is 0 Å². The number of amides is 1. The molecule has 2 aromatic heterocycles. The smallest absolute Gasteiger partial charge is 0.261 e. The first-order valence-electron chi connectivity index (χ1n) is 9.33. The highest BCUT2D eigenvalue weighted by atomic mass is 79.9. The molecule has 1 amide bonds. The highest BCUT2D eigenvalue weighted by Crippen LogP contribution is 2.32. The fourth-order valence-electron chi connectivity index (χ4n) is 3.09. The Labute approximate surface area is 205 Å². The van der Waals surface area contributed by atoms with Crippen molar-refractivity contribution in [2.24, 2.45) is 0 Å². The summed E-state index contributed by atoms with van der Waals surface area (Å²) in [6, 6.07) is 12.7. The Hall–Kier alpha value is -2.82. The molecule has 0 saturated carbocycles. The summed E-state index contributed by atoms with van der Waals surface area (Å²) in [5.41, 5.74) is 3.98. The molecule has 0 aliphatic heterocycles. The standard InChI is InChI=1S/C22H16Br2N4O3S/c1-11-8-12(21-27-19-17(31-21)4-3-7-25-19)5-6-16(11)26-22(32)28-20(29)14-9-13(23)10-15(24)18(14)30-2/h3-10H,1-2H3,(H2,26,28,29,32). The first kappa shape index (κ1) is 22.4. The van der Waals surface area contributed by atoms with Crippen LogP contribution < -0.4 is 15.4 Å². The Morgan fingerprint density at radius 2 is 2.00 bits per heavy atom. The van der Waals surface area contributed by atoms with Crippen LogP contribution >= 0.6 is 44.1 Å². The number of anilines is 1. The minimum absolute atomic E-state index is 0.162. The number of carbonyl (C=O) groups excluding carboxylic acids is 1. The number of pyridine rings is 1. The normalized spacial score (nSPS) is 10.8. The van der Waals surface area contributed by atoms with Crippen LogP contribution in [0.5, 0.6) is 5.75 Å². The van der Waals surface area contributed by atoms with Gasteiger partial charge in [-0.2, -0.15) is 4.98 Å². The third kappa shape index (κ3) is 4.67. The van der Waals surface area contributed by atoms with Crippen molar-refractivity contribution in [2.75, 3.05) is 12.4 Å². The van der Waals surface area contributed by atoms with Crippen LogP contribution in [0.1, 0.15) is 15.9 Å². The number of methoxy groups -OCH3 is 1. The lowest BCUT2D eigenvalue weighted by molar-refractivity contribution is 0.0974. The molecule has 0 aliphatic carbocycles. The number of rotatable bonds is 4. The van der Waals surface area contributed by atoms with Crippen LogP contribution in [0.15, 0.2) is 62.0 Å². The topological polar surface area (TPSA) is 89.3 Å². The summed E-state index contributed by atoms with van der Waals surface area (Å²) in [7, 11) is 1.50. The molecule has 4 rings (SSSR count). The number of carbonyl (C=O) groups is 1. The zero-order valence-electron chi connectivity index (χ0n) is 16.9. The predicted octanol–water partition coefficient (Wildman–Crippen LogP) is 5.86. The van der Waals surface area contributed by atoms with E-state index >= 15 is 0 Å². The fourth-order valence-corrected chi connectivity index (χ4v) is 4.68. The fraction of sp³-hybridized carbons (Fsp3) is 0.0909. The second kappa shape index (κ2) is 9.35. The number of halogens is 2. The lowest BCUT2D eigenvalue weighted by Crippen LogP contribution is -2.34. The highest BCUT2D eigenvalue weighted by Gasteiger charge is 2.18. The van der Waals surface area contributed by atoms with Crippen LogP contribution in [0.3, 0.4) is 0 Å². The van der Waals surface area contributed by atoms with Crippen molar-refractivity contribution in [1.29, 1.82) is 0 Å². The lowest BCUT2D eigenvalue weighted by Gasteiger charge is -2.14. The Morgan fingerprint density at radius 1 is 1.19 bits per heavy atom. The number of oxazole rings is 1. The zero-order chi connectivity index (χ0) is 22.8. The van der Waals surface area contributed by atoms with Gasteiger partial charge in [0.1, 0.15) is 5.75 Å². The van der Waals surface area contributed by atoms with Crippen molar-refractivity contribution >= 4 is 72.0 Å². The summed E-state index contributed by atoms with van der Waals surface area (Å²) < 4.78 is 12.5. The van der Waals surface area contributed by atoms with E-state index in [-0.39, 0.29) is 5.11 Å². The lowest BCUT2D eigenvalue weighted by atomic mass is 10.1. The molecule has 0 fully saturated rings. The van der Waals surface area contributed by atoms with E-state index in [1.165, 1.54) is 7.11 Å². The van der Waals surface area contributed by atoms with E-state index in [0.717, 1.165) is 21.3 Å². The monoisotopic (exact) mass is 574 g/mol. The van der Waals surface area contributed by atoms with Gasteiger partial charge in [0.25, 0.3) is 5.91 Å². The molecule has 0 radical (unpaired) electrons. The second-order valence-corrected chi connectivity index (χ2v) is 8.93. The molecule has 0 saturated heterocycles. The van der Waals surface area contributed by atoms with Gasteiger partial charge < -0.3 is 14.5 Å². The van der Waals surface area contributed by atoms with Crippen molar-refractivity contribution in [3.8, 4) is 17.2 Å². The maximum absolute atomic E-state index is 12.8. The molecule has 0 spiro atoms. The van der Waals surface area contributed by atoms with E-state index in [1.807, 2.05) is 31.2 Å². The summed E-state index contributed by atoms with van der Waals surface area (Å²) in [5.74, 6) is 0.507. The van der Waals surface area contributed by atoms with E-state index < -0.39 is 5.91 Å². The van der Waals surface area contributed by atoms with Gasteiger partial charge in [-0.25, -0.2) is 4.98 Å². The van der Waals surface area contributed by atoms with Crippen molar-refractivity contribution in [2.45, 2.75) is 6.92 Å². The SMILES string of the molecule is COc1c(Br)cc(Br)cc1C(=O)NC(=S)Nc1ccc(-c2nc3ncccc3o2)cc1C. The number of aryl methyl sites for hydroxylation is 1. The number of hydrogen-bond donors (Lipinski definition) is 2. The van der Waals surface area contributed by atoms with Gasteiger partial charge in [-0.15, -0.1) is 0 Å². The molecule has 2 aromatic carbocycles. The van der Waals surface area contributed by atoms with Crippen LogP contribution in [-0.4, -0.2) is 28.1 Å². The van der Waals surface area contributed by atoms with E-state index in [1.54, 1.807) is 24.4 Å². The van der Waals surface area contributed by atoms with Crippen molar-refractivity contribution in [1.82, 2.24) is 15.3 Å². The maximum atomic E-state index is 12.8. The molecule has 162 valence electrons. The molecule has 2 heterocycles. The number of ether oxygens (including phenoxy) is 1. The van der Waals surface area contributed by atoms with Gasteiger partial charge in [-0.05, 0) is 83.1 Å². The molecule has 10 heteroatoms. The molecule has 4 aromatic rings. The van der Waals surface area contributed by atoms with Gasteiger partial charge in [0.15, 0.2) is 16.3 Å². The number of aromatic nitrogens is 2. The molecular weight excluding hydrogens is 560 g/mol. The molecule has 0 aliphatic rings. The number of benzene rings is 2. The van der Waals surface area contributed by atoms with Crippen LogP contribution in [0, 0.1) is 6.92 Å². The van der Waals surface area contributed by atoms with Crippen LogP contribution in [0.4, 0.5) is 5.69 Å². The Morgan fingerprint density at radius 3 is 2.72 bits per heavy atom. The first-order valence-corrected chi connectivity index (χ1v) is 11.3. The summed E-state index contributed by atoms with van der Waals surface area (Å²) in [5, 5.41) is 5.90. The molecule has 0 atom stereocenters. The Balaban J connectivity index is 1.50. The van der Waals surface area contributed by atoms with Crippen LogP contribution in [0.25, 0.3) is 22.7 Å². The van der Waals surface area contributed by atoms with Crippen LogP contribution in [-0.2, 0) is 0 Å². The summed E-state index contributed by atoms with van der Waals surface area (Å²) in [6.45, 7) is 1.92. The minimum Gasteiger partial charge on any atom is -0.495 e. The van der Waals surface area contributed by atoms with Gasteiger partial charge in [0.2, 0.25) is 5.89 Å². The summed E-state index contributed by atoms with van der Waals surface area (Å²) in [4.78, 5) is 21.4. The second-order valence-electron chi connectivity index (χ2n) is 6.75. The average molecular weight is 576 g/mol. The molecular formula is C22H16Br2N4O3S. The quantitative estimate of drug-likeness (QED) is 0.295. The number of hydrogen-bond acceptors (Lipinski definition) is 6. The molecule has 0 unspecified atom stereocenters. The third-order valence-corrected chi connectivity index (χ3v) is 5.82. The number of fused-ring (bicyclic) bond motifs is 1. The van der Waals surface area contributed by atoms with Gasteiger partial charge in [-0.3, -0.25) is 10.1 Å². The Kier molecular flexibility index (Phi) is 6.54. The van der Waals surface area contributed by atoms with E-state index in [0.29, 0.717) is 32.9 Å². The molecule has 32 heavy (non-hydrogen) atoms. The largest absolute Gasteiger partial charge is 0.495 e. The first-order chi connectivity index (χ1) is 15.4. The summed E-state index contributed by atoms with van der Waals surface area (Å²) >= 11 is 12.1. The Bertz CT molecular complexity index is 1320. The van der Waals surface area contributed by atoms with Crippen molar-refractivity contribution in [3.05, 3.63) is 68.7 Å². The van der Waals surface area contributed by atoms with Gasteiger partial charge in [0, 0.05) is 21.9 Å². The maximum Gasteiger partial charge on any atom is 0.261 e. The van der Waals surface area contributed by atoms with E-state index in [9.17, 15) is 4.79 Å². The highest BCUT2D eigenvalue weighted by molar-refractivity contribution is 9.11. The predicted molar refractivity (Wildman–Crippen MR) is 134 cm³/mol. The number of thiocarbonyl (C=S) groups is 1. The van der Waals surface area contributed by atoms with E-state index in [4.69, 9.17) is 21.4 Å². The van der Waals surface area contributed by atoms with E-state index in [2.05, 4.69) is 52.5 Å². The molecule has 0 bridgehead atoms.